The van der Waals surface area contributed by atoms with Crippen LogP contribution in [0.4, 0.5) is 0 Å². The number of nitrogens with zero attached hydrogens (tertiary/aromatic N) is 1. The summed E-state index contributed by atoms with van der Waals surface area (Å²) < 4.78 is 13.0. The Balaban J connectivity index is 1.40. The predicted molar refractivity (Wildman–Crippen MR) is 143 cm³/mol. The van der Waals surface area contributed by atoms with Crippen molar-refractivity contribution in [2.24, 2.45) is 5.73 Å². The summed E-state index contributed by atoms with van der Waals surface area (Å²) in [5.41, 5.74) is 12.1. The molecule has 5 rings (SSSR count). The third-order valence-electron chi connectivity index (χ3n) is 6.32. The van der Waals surface area contributed by atoms with Crippen molar-refractivity contribution in [2.45, 2.75) is 43.1 Å². The van der Waals surface area contributed by atoms with Gasteiger partial charge in [-0.2, -0.15) is 0 Å². The minimum atomic E-state index is -0.492. The lowest BCUT2D eigenvalue weighted by molar-refractivity contribution is -0.245. The van der Waals surface area contributed by atoms with Crippen LogP contribution in [0, 0.1) is 0 Å². The van der Waals surface area contributed by atoms with Crippen LogP contribution in [0.2, 0.25) is 0 Å². The van der Waals surface area contributed by atoms with E-state index in [9.17, 15) is 5.11 Å². The third-order valence-corrected chi connectivity index (χ3v) is 7.40. The fourth-order valence-electron chi connectivity index (χ4n) is 4.38. The molecule has 1 fully saturated rings. The molecular formula is C30H30N2O3S. The van der Waals surface area contributed by atoms with Crippen LogP contribution in [0.3, 0.4) is 0 Å². The average molecular weight is 499 g/mol. The maximum atomic E-state index is 9.44. The number of aliphatic hydroxyl groups is 1. The molecule has 0 spiro atoms. The van der Waals surface area contributed by atoms with Gasteiger partial charge >= 0.3 is 0 Å². The molecule has 4 aromatic rings. The summed E-state index contributed by atoms with van der Waals surface area (Å²) in [6, 6.07) is 30.6. The second-order valence-electron chi connectivity index (χ2n) is 8.86. The molecule has 0 radical (unpaired) electrons. The summed E-state index contributed by atoms with van der Waals surface area (Å²) in [6.07, 6.45) is 1.94. The van der Waals surface area contributed by atoms with Crippen LogP contribution in [-0.2, 0) is 22.6 Å². The topological polar surface area (TPSA) is 77.6 Å². The first-order valence-electron chi connectivity index (χ1n) is 12.2. The summed E-state index contributed by atoms with van der Waals surface area (Å²) in [4.78, 5) is 4.44. The number of rotatable bonds is 8. The molecule has 1 aromatic heterocycles. The molecule has 0 saturated carbocycles. The molecule has 1 saturated heterocycles. The summed E-state index contributed by atoms with van der Waals surface area (Å²) in [6.45, 7) is 0.535. The minimum Gasteiger partial charge on any atom is -0.392 e. The molecule has 1 aliphatic heterocycles. The number of hydrogen-bond acceptors (Lipinski definition) is 6. The number of hydrogen-bond donors (Lipinski definition) is 2. The van der Waals surface area contributed by atoms with Crippen molar-refractivity contribution < 1.29 is 14.6 Å². The van der Waals surface area contributed by atoms with Gasteiger partial charge < -0.3 is 20.3 Å². The number of nitrogens with two attached hydrogens (primary N) is 1. The number of benzene rings is 3. The zero-order chi connectivity index (χ0) is 24.7. The van der Waals surface area contributed by atoms with Crippen LogP contribution in [-0.4, -0.2) is 21.9 Å². The molecule has 3 aromatic carbocycles. The summed E-state index contributed by atoms with van der Waals surface area (Å²) >= 11 is 1.70. The number of pyridine rings is 1. The monoisotopic (exact) mass is 498 g/mol. The quantitative estimate of drug-likeness (QED) is 0.289. The van der Waals surface area contributed by atoms with E-state index in [2.05, 4.69) is 35.3 Å². The van der Waals surface area contributed by atoms with Crippen LogP contribution in [0.25, 0.3) is 11.1 Å². The van der Waals surface area contributed by atoms with Crippen LogP contribution in [0.1, 0.15) is 41.1 Å². The van der Waals surface area contributed by atoms with Crippen LogP contribution in [0.5, 0.6) is 0 Å². The first-order chi connectivity index (χ1) is 17.7. The van der Waals surface area contributed by atoms with E-state index in [0.717, 1.165) is 50.6 Å². The first kappa shape index (κ1) is 24.7. The number of ether oxygens (including phenoxy) is 2. The van der Waals surface area contributed by atoms with Crippen molar-refractivity contribution in [3.63, 3.8) is 0 Å². The van der Waals surface area contributed by atoms with Gasteiger partial charge in [-0.05, 0) is 52.1 Å². The molecule has 3 unspecified atom stereocenters. The highest BCUT2D eigenvalue weighted by atomic mass is 32.2. The van der Waals surface area contributed by atoms with E-state index in [1.54, 1.807) is 11.8 Å². The lowest BCUT2D eigenvalue weighted by Gasteiger charge is -2.36. The molecule has 5 nitrogen and oxygen atoms in total. The molecule has 1 aliphatic rings. The Kier molecular flexibility index (Phi) is 8.11. The predicted octanol–water partition coefficient (Wildman–Crippen LogP) is 6.04. The molecule has 36 heavy (non-hydrogen) atoms. The largest absolute Gasteiger partial charge is 0.392 e. The van der Waals surface area contributed by atoms with E-state index in [1.165, 1.54) is 0 Å². The SMILES string of the molecule is NCc1cccc(-c2cccc(C3OC(CSc4ccccn4)CC(c4ccc(CO)cc4)O3)c2)c1. The van der Waals surface area contributed by atoms with Gasteiger partial charge in [-0.1, -0.05) is 66.7 Å². The van der Waals surface area contributed by atoms with Gasteiger partial charge in [0.2, 0.25) is 0 Å². The summed E-state index contributed by atoms with van der Waals surface area (Å²) in [7, 11) is 0. The maximum Gasteiger partial charge on any atom is 0.184 e. The fraction of sp³-hybridized carbons (Fsp3) is 0.233. The zero-order valence-corrected chi connectivity index (χ0v) is 20.8. The smallest absolute Gasteiger partial charge is 0.184 e. The van der Waals surface area contributed by atoms with E-state index in [0.29, 0.717) is 6.54 Å². The molecule has 6 heteroatoms. The van der Waals surface area contributed by atoms with Crippen molar-refractivity contribution in [2.75, 3.05) is 5.75 Å². The van der Waals surface area contributed by atoms with Gasteiger partial charge in [-0.15, -0.1) is 11.8 Å². The van der Waals surface area contributed by atoms with Crippen molar-refractivity contribution in [1.82, 2.24) is 4.98 Å². The highest BCUT2D eigenvalue weighted by Gasteiger charge is 2.32. The Morgan fingerprint density at radius 2 is 1.64 bits per heavy atom. The Bertz CT molecular complexity index is 1270. The minimum absolute atomic E-state index is 0.0116. The number of aliphatic hydroxyl groups excluding tert-OH is 1. The molecular weight excluding hydrogens is 468 g/mol. The Morgan fingerprint density at radius 1 is 0.833 bits per heavy atom. The zero-order valence-electron chi connectivity index (χ0n) is 20.0. The van der Waals surface area contributed by atoms with Gasteiger partial charge in [-0.3, -0.25) is 0 Å². The average Bonchev–Trinajstić information content (AvgIpc) is 2.96. The van der Waals surface area contributed by atoms with Crippen molar-refractivity contribution >= 4 is 11.8 Å². The van der Waals surface area contributed by atoms with Crippen molar-refractivity contribution in [1.29, 1.82) is 0 Å². The second kappa shape index (κ2) is 11.8. The molecule has 3 atom stereocenters. The Morgan fingerprint density at radius 3 is 2.39 bits per heavy atom. The highest BCUT2D eigenvalue weighted by Crippen LogP contribution is 2.40. The molecule has 0 bridgehead atoms. The molecule has 184 valence electrons. The summed E-state index contributed by atoms with van der Waals surface area (Å²) in [5, 5.41) is 10.4. The molecule has 2 heterocycles. The van der Waals surface area contributed by atoms with E-state index < -0.39 is 6.29 Å². The Labute approximate surface area is 216 Å². The van der Waals surface area contributed by atoms with Crippen molar-refractivity contribution in [3.8, 4) is 11.1 Å². The van der Waals surface area contributed by atoms with Gasteiger partial charge in [0.05, 0.1) is 23.8 Å². The Hall–Kier alpha value is -3.00. The van der Waals surface area contributed by atoms with Gasteiger partial charge in [0.15, 0.2) is 6.29 Å². The van der Waals surface area contributed by atoms with Gasteiger partial charge in [0.25, 0.3) is 0 Å². The summed E-state index contributed by atoms with van der Waals surface area (Å²) in [5.74, 6) is 0.778. The van der Waals surface area contributed by atoms with E-state index in [4.69, 9.17) is 15.2 Å². The number of thioether (sulfide) groups is 1. The maximum absolute atomic E-state index is 9.44. The van der Waals surface area contributed by atoms with Gasteiger partial charge in [-0.25, -0.2) is 4.98 Å². The number of aromatic nitrogens is 1. The van der Waals surface area contributed by atoms with Crippen molar-refractivity contribution in [3.05, 3.63) is 119 Å². The van der Waals surface area contributed by atoms with Gasteiger partial charge in [0, 0.05) is 30.5 Å². The first-order valence-corrected chi connectivity index (χ1v) is 13.1. The van der Waals surface area contributed by atoms with Crippen LogP contribution < -0.4 is 5.73 Å². The highest BCUT2D eigenvalue weighted by molar-refractivity contribution is 7.99. The lowest BCUT2D eigenvalue weighted by Crippen LogP contribution is -2.31. The molecule has 0 aliphatic carbocycles. The van der Waals surface area contributed by atoms with Crippen LogP contribution in [0.15, 0.2) is 102 Å². The fourth-order valence-corrected chi connectivity index (χ4v) is 5.26. The second-order valence-corrected chi connectivity index (χ2v) is 9.90. The van der Waals surface area contributed by atoms with E-state index in [-0.39, 0.29) is 18.8 Å². The molecule has 3 N–H and O–H groups in total. The normalized spacial score (nSPS) is 19.8. The van der Waals surface area contributed by atoms with Gasteiger partial charge in [0.1, 0.15) is 0 Å². The van der Waals surface area contributed by atoms with E-state index in [1.807, 2.05) is 66.9 Å². The molecule has 0 amide bonds. The van der Waals surface area contributed by atoms with Crippen LogP contribution >= 0.6 is 11.8 Å². The lowest BCUT2D eigenvalue weighted by atomic mass is 9.99. The van der Waals surface area contributed by atoms with E-state index >= 15 is 0 Å². The standard InChI is InChI=1S/C30H30N2O3S/c31-18-22-5-3-6-24(15-22)25-7-4-8-26(16-25)30-34-27(20-36-29-9-1-2-14-32-29)17-28(35-30)23-12-10-21(19-33)11-13-23/h1-16,27-28,30,33H,17-20,31H2. The third kappa shape index (κ3) is 6.03.